The van der Waals surface area contributed by atoms with E-state index < -0.39 is 46.8 Å². The van der Waals surface area contributed by atoms with Crippen LogP contribution in [0.2, 0.25) is 0 Å². The lowest BCUT2D eigenvalue weighted by Crippen LogP contribution is -2.53. The lowest BCUT2D eigenvalue weighted by atomic mass is 9.49. The number of imide groups is 2. The Morgan fingerprint density at radius 1 is 0.824 bits per heavy atom. The van der Waals surface area contributed by atoms with Gasteiger partial charge in [0.05, 0.1) is 42.0 Å². The van der Waals surface area contributed by atoms with Crippen LogP contribution in [0.3, 0.4) is 0 Å². The number of amides is 4. The van der Waals surface area contributed by atoms with Gasteiger partial charge >= 0.3 is 0 Å². The van der Waals surface area contributed by atoms with Crippen LogP contribution >= 0.6 is 0 Å². The molecule has 258 valence electrons. The Morgan fingerprint density at radius 2 is 1.53 bits per heavy atom. The van der Waals surface area contributed by atoms with Crippen molar-refractivity contribution in [2.45, 2.75) is 44.6 Å². The summed E-state index contributed by atoms with van der Waals surface area (Å²) in [5.74, 6) is -4.81. The Morgan fingerprint density at radius 3 is 2.24 bits per heavy atom. The molecule has 3 fully saturated rings. The van der Waals surface area contributed by atoms with Crippen LogP contribution in [0.25, 0.3) is 0 Å². The number of fused-ring (bicyclic) bond motifs is 4. The number of nitrogens with zero attached hydrogens (tertiary/aromatic N) is 2. The Hall–Kier alpha value is -5.70. The van der Waals surface area contributed by atoms with Crippen LogP contribution in [0.4, 0.5) is 5.69 Å². The molecule has 4 aromatic carbocycles. The summed E-state index contributed by atoms with van der Waals surface area (Å²) in [6.45, 7) is 4.26. The van der Waals surface area contributed by atoms with E-state index in [0.29, 0.717) is 29.8 Å². The van der Waals surface area contributed by atoms with Crippen LogP contribution in [0, 0.1) is 30.6 Å². The summed E-state index contributed by atoms with van der Waals surface area (Å²) < 4.78 is 5.83. The SMILES string of the molecule is CCOc1cccc([C@H]2C3=CC[C@@H]4C(=O)N(Cc5ccccc5)C(=O)[C@@H]4[C@@H]3C[C@H]3C(=O)N(Nc4ccc(C)cc4)C(=O)[C@@]23c2ccccc2)c1O. The zero-order valence-electron chi connectivity index (χ0n) is 28.5. The van der Waals surface area contributed by atoms with Crippen molar-refractivity contribution in [2.75, 3.05) is 12.0 Å². The van der Waals surface area contributed by atoms with Crippen molar-refractivity contribution in [3.05, 3.63) is 137 Å². The molecule has 4 aliphatic rings. The first kappa shape index (κ1) is 32.5. The smallest absolute Gasteiger partial charge is 0.260 e. The van der Waals surface area contributed by atoms with Gasteiger partial charge in [0.25, 0.3) is 11.8 Å². The molecule has 2 saturated heterocycles. The zero-order chi connectivity index (χ0) is 35.4. The van der Waals surface area contributed by atoms with Gasteiger partial charge < -0.3 is 9.84 Å². The number of ether oxygens (including phenoxy) is 1. The molecule has 1 saturated carbocycles. The van der Waals surface area contributed by atoms with Gasteiger partial charge in [-0.1, -0.05) is 102 Å². The first-order valence-electron chi connectivity index (χ1n) is 17.6. The summed E-state index contributed by atoms with van der Waals surface area (Å²) in [4.78, 5) is 59.8. The number of phenolic OH excluding ortho intramolecular Hbond substituents is 1. The van der Waals surface area contributed by atoms with Crippen LogP contribution in [-0.4, -0.2) is 45.3 Å². The number of hydrazine groups is 1. The second-order valence-corrected chi connectivity index (χ2v) is 14.0. The molecule has 2 N–H and O–H groups in total. The van der Waals surface area contributed by atoms with Crippen molar-refractivity contribution in [2.24, 2.45) is 23.7 Å². The maximum Gasteiger partial charge on any atom is 0.260 e. The van der Waals surface area contributed by atoms with E-state index in [1.54, 1.807) is 18.2 Å². The van der Waals surface area contributed by atoms with E-state index in [4.69, 9.17) is 4.74 Å². The van der Waals surface area contributed by atoms with E-state index in [0.717, 1.165) is 21.7 Å². The summed E-state index contributed by atoms with van der Waals surface area (Å²) in [6.07, 6.45) is 2.48. The molecule has 2 aliphatic carbocycles. The zero-order valence-corrected chi connectivity index (χ0v) is 28.5. The van der Waals surface area contributed by atoms with E-state index in [9.17, 15) is 19.5 Å². The Bertz CT molecular complexity index is 2060. The molecular formula is C42H39N3O6. The standard InChI is InChI=1S/C42H39N3O6/c1-3-51-34-16-10-15-31(37(34)46)36-29-21-22-30-35(40(49)44(38(30)47)24-26-11-6-4-7-12-26)32(29)23-33-39(48)45(43-28-19-17-25(2)18-20-28)41(50)42(33,36)27-13-8-5-9-14-27/h4-21,30,32-33,35-36,43,46H,3,22-24H2,1-2H3/t30-,32+,33-,35-,36+,42+/m0/s1. The highest BCUT2D eigenvalue weighted by Gasteiger charge is 2.70. The first-order chi connectivity index (χ1) is 24.7. The van der Waals surface area contributed by atoms with Gasteiger partial charge in [-0.05, 0) is 61.9 Å². The first-order valence-corrected chi connectivity index (χ1v) is 17.6. The predicted octanol–water partition coefficient (Wildman–Crippen LogP) is 6.28. The number of likely N-dealkylation sites (tertiary alicyclic amines) is 1. The van der Waals surface area contributed by atoms with Gasteiger partial charge in [0, 0.05) is 11.5 Å². The van der Waals surface area contributed by atoms with Crippen molar-refractivity contribution in [3.8, 4) is 11.5 Å². The second-order valence-electron chi connectivity index (χ2n) is 14.0. The lowest BCUT2D eigenvalue weighted by Gasteiger charge is -2.50. The van der Waals surface area contributed by atoms with Gasteiger partial charge in [0.2, 0.25) is 11.8 Å². The molecule has 0 unspecified atom stereocenters. The molecule has 8 rings (SSSR count). The number of rotatable bonds is 8. The Labute approximate surface area is 296 Å². The molecule has 0 spiro atoms. The van der Waals surface area contributed by atoms with E-state index in [1.807, 2.05) is 105 Å². The quantitative estimate of drug-likeness (QED) is 0.166. The van der Waals surface area contributed by atoms with Crippen molar-refractivity contribution >= 4 is 29.3 Å². The number of aryl methyl sites for hydroxylation is 1. The third kappa shape index (κ3) is 4.97. The minimum Gasteiger partial charge on any atom is -0.504 e. The maximum absolute atomic E-state index is 15.3. The minimum absolute atomic E-state index is 0.119. The number of aromatic hydroxyl groups is 1. The molecule has 2 aliphatic heterocycles. The third-order valence-electron chi connectivity index (χ3n) is 11.3. The molecule has 4 amide bonds. The fourth-order valence-electron chi connectivity index (χ4n) is 9.12. The molecule has 9 nitrogen and oxygen atoms in total. The molecule has 2 heterocycles. The lowest BCUT2D eigenvalue weighted by molar-refractivity contribution is -0.142. The van der Waals surface area contributed by atoms with Crippen LogP contribution in [0.15, 0.2) is 115 Å². The number of carbonyl (C=O) groups is 4. The number of nitrogens with one attached hydrogen (secondary N) is 1. The molecule has 51 heavy (non-hydrogen) atoms. The van der Waals surface area contributed by atoms with E-state index in [1.165, 1.54) is 4.90 Å². The highest BCUT2D eigenvalue weighted by Crippen LogP contribution is 2.65. The molecule has 0 aromatic heterocycles. The summed E-state index contributed by atoms with van der Waals surface area (Å²) in [5.41, 5.74) is 5.93. The van der Waals surface area contributed by atoms with Crippen LogP contribution < -0.4 is 10.2 Å². The number of hydrogen-bond acceptors (Lipinski definition) is 7. The number of benzene rings is 4. The van der Waals surface area contributed by atoms with E-state index >= 15 is 4.79 Å². The minimum atomic E-state index is -1.48. The normalized spacial score (nSPS) is 26.8. The van der Waals surface area contributed by atoms with Crippen molar-refractivity contribution < 1.29 is 29.0 Å². The van der Waals surface area contributed by atoms with Gasteiger partial charge in [-0.15, -0.1) is 0 Å². The monoisotopic (exact) mass is 681 g/mol. The molecule has 6 atom stereocenters. The molecular weight excluding hydrogens is 642 g/mol. The maximum atomic E-state index is 15.3. The Balaban J connectivity index is 1.31. The fourth-order valence-corrected chi connectivity index (χ4v) is 9.12. The average Bonchev–Trinajstić information content (AvgIpc) is 3.51. The average molecular weight is 682 g/mol. The van der Waals surface area contributed by atoms with Gasteiger partial charge in [0.1, 0.15) is 0 Å². The number of phenols is 1. The van der Waals surface area contributed by atoms with Crippen LogP contribution in [0.5, 0.6) is 11.5 Å². The molecule has 9 heteroatoms. The summed E-state index contributed by atoms with van der Waals surface area (Å²) in [6, 6.07) is 31.4. The largest absolute Gasteiger partial charge is 0.504 e. The van der Waals surface area contributed by atoms with Crippen molar-refractivity contribution in [1.29, 1.82) is 0 Å². The number of anilines is 1. The van der Waals surface area contributed by atoms with Gasteiger partial charge in [0.15, 0.2) is 11.5 Å². The van der Waals surface area contributed by atoms with Crippen molar-refractivity contribution in [1.82, 2.24) is 9.91 Å². The van der Waals surface area contributed by atoms with Crippen molar-refractivity contribution in [3.63, 3.8) is 0 Å². The summed E-state index contributed by atoms with van der Waals surface area (Å²) >= 11 is 0. The van der Waals surface area contributed by atoms with Gasteiger partial charge in [-0.3, -0.25) is 29.5 Å². The highest BCUT2D eigenvalue weighted by atomic mass is 16.5. The van der Waals surface area contributed by atoms with E-state index in [2.05, 4.69) is 5.43 Å². The van der Waals surface area contributed by atoms with Crippen LogP contribution in [-0.2, 0) is 31.1 Å². The van der Waals surface area contributed by atoms with E-state index in [-0.39, 0.29) is 36.3 Å². The summed E-state index contributed by atoms with van der Waals surface area (Å²) in [5, 5.41) is 13.0. The fraction of sp³-hybridized carbons (Fsp3) is 0.286. The van der Waals surface area contributed by atoms with Gasteiger partial charge in [-0.25, -0.2) is 0 Å². The summed E-state index contributed by atoms with van der Waals surface area (Å²) in [7, 11) is 0. The Kier molecular flexibility index (Phi) is 8.01. The predicted molar refractivity (Wildman–Crippen MR) is 190 cm³/mol. The molecule has 0 radical (unpaired) electrons. The van der Waals surface area contributed by atoms with Gasteiger partial charge in [-0.2, -0.15) is 5.01 Å². The highest BCUT2D eigenvalue weighted by molar-refractivity contribution is 6.13. The molecule has 0 bridgehead atoms. The second kappa shape index (κ2) is 12.6. The number of para-hydroxylation sites is 1. The third-order valence-corrected chi connectivity index (χ3v) is 11.3. The molecule has 4 aromatic rings. The number of allylic oxidation sites excluding steroid dienone is 2. The number of carbonyl (C=O) groups excluding carboxylic acids is 4. The number of hydrogen-bond donors (Lipinski definition) is 2. The topological polar surface area (TPSA) is 116 Å². The van der Waals surface area contributed by atoms with Crippen LogP contribution in [0.1, 0.15) is 47.9 Å².